The van der Waals surface area contributed by atoms with Crippen molar-refractivity contribution in [1.82, 2.24) is 19.6 Å². The van der Waals surface area contributed by atoms with Gasteiger partial charge in [-0.1, -0.05) is 0 Å². The first kappa shape index (κ1) is 13.3. The van der Waals surface area contributed by atoms with E-state index in [1.165, 1.54) is 0 Å². The molecular formula is C16H12N4O3. The van der Waals surface area contributed by atoms with Crippen LogP contribution >= 0.6 is 0 Å². The average Bonchev–Trinajstić information content (AvgIpc) is 3.17. The highest BCUT2D eigenvalue weighted by Crippen LogP contribution is 2.15. The van der Waals surface area contributed by atoms with Crippen molar-refractivity contribution in [3.8, 4) is 5.75 Å². The zero-order valence-corrected chi connectivity index (χ0v) is 11.9. The number of benzene rings is 1. The number of nitrogens with zero attached hydrogens (tertiary/aromatic N) is 3. The van der Waals surface area contributed by atoms with Crippen LogP contribution in [0.3, 0.4) is 0 Å². The van der Waals surface area contributed by atoms with Crippen molar-refractivity contribution in [2.45, 2.75) is 6.61 Å². The lowest BCUT2D eigenvalue weighted by Crippen LogP contribution is -2.05. The third kappa shape index (κ3) is 2.48. The van der Waals surface area contributed by atoms with E-state index >= 15 is 0 Å². The maximum absolute atomic E-state index is 12.1. The van der Waals surface area contributed by atoms with Gasteiger partial charge in [0, 0.05) is 11.6 Å². The van der Waals surface area contributed by atoms with Crippen molar-refractivity contribution in [1.29, 1.82) is 0 Å². The third-order valence-electron chi connectivity index (χ3n) is 3.51. The third-order valence-corrected chi connectivity index (χ3v) is 3.51. The molecule has 0 amide bonds. The lowest BCUT2D eigenvalue weighted by Gasteiger charge is -2.02. The molecule has 0 atom stereocenters. The molecule has 0 aliphatic heterocycles. The number of carbonyl (C=O) groups excluding carboxylic acids is 1. The lowest BCUT2D eigenvalue weighted by molar-refractivity contribution is 0.0468. The van der Waals surface area contributed by atoms with Crippen LogP contribution in [-0.2, 0) is 11.3 Å². The van der Waals surface area contributed by atoms with Crippen molar-refractivity contribution in [3.05, 3.63) is 60.2 Å². The molecule has 0 aliphatic carbocycles. The van der Waals surface area contributed by atoms with E-state index in [1.54, 1.807) is 53.3 Å². The Morgan fingerprint density at radius 3 is 3.09 bits per heavy atom. The molecular weight excluding hydrogens is 296 g/mol. The van der Waals surface area contributed by atoms with E-state index in [1.807, 2.05) is 0 Å². The van der Waals surface area contributed by atoms with Gasteiger partial charge in [-0.15, -0.1) is 0 Å². The Bertz CT molecular complexity index is 1020. The predicted molar refractivity (Wildman–Crippen MR) is 82.1 cm³/mol. The van der Waals surface area contributed by atoms with E-state index in [0.29, 0.717) is 16.9 Å². The quantitative estimate of drug-likeness (QED) is 0.566. The number of aromatic hydroxyl groups is 1. The van der Waals surface area contributed by atoms with Crippen molar-refractivity contribution in [3.63, 3.8) is 0 Å². The van der Waals surface area contributed by atoms with Crippen LogP contribution in [0.25, 0.3) is 16.6 Å². The zero-order chi connectivity index (χ0) is 15.8. The molecule has 0 unspecified atom stereocenters. The highest BCUT2D eigenvalue weighted by atomic mass is 16.5. The van der Waals surface area contributed by atoms with Crippen molar-refractivity contribution >= 4 is 22.5 Å². The van der Waals surface area contributed by atoms with Gasteiger partial charge in [0.05, 0.1) is 29.2 Å². The van der Waals surface area contributed by atoms with Gasteiger partial charge >= 0.3 is 5.97 Å². The van der Waals surface area contributed by atoms with E-state index < -0.39 is 5.97 Å². The summed E-state index contributed by atoms with van der Waals surface area (Å²) in [4.78, 5) is 16.4. The number of carbonyl (C=O) groups is 1. The molecule has 0 saturated heterocycles. The molecule has 3 heterocycles. The number of aromatic nitrogens is 4. The molecule has 0 bridgehead atoms. The van der Waals surface area contributed by atoms with Gasteiger partial charge in [0.1, 0.15) is 18.0 Å². The number of pyridine rings is 1. The summed E-state index contributed by atoms with van der Waals surface area (Å²) in [5, 5.41) is 17.0. The fraction of sp³-hybridized carbons (Fsp3) is 0.0625. The Labute approximate surface area is 130 Å². The first-order valence-electron chi connectivity index (χ1n) is 6.96. The Morgan fingerprint density at radius 1 is 1.26 bits per heavy atom. The van der Waals surface area contributed by atoms with Crippen LogP contribution in [0.4, 0.5) is 0 Å². The first-order chi connectivity index (χ1) is 11.2. The molecule has 3 aromatic heterocycles. The Balaban J connectivity index is 1.51. The summed E-state index contributed by atoms with van der Waals surface area (Å²) >= 11 is 0. The highest BCUT2D eigenvalue weighted by Gasteiger charge is 2.10. The van der Waals surface area contributed by atoms with Gasteiger partial charge in [-0.05, 0) is 30.3 Å². The molecule has 0 radical (unpaired) electrons. The number of ether oxygens (including phenoxy) is 1. The molecule has 0 fully saturated rings. The van der Waals surface area contributed by atoms with Gasteiger partial charge in [-0.3, -0.25) is 5.10 Å². The predicted octanol–water partition coefficient (Wildman–Crippen LogP) is 2.27. The molecule has 23 heavy (non-hydrogen) atoms. The topological polar surface area (TPSA) is 92.5 Å². The molecule has 4 aromatic rings. The summed E-state index contributed by atoms with van der Waals surface area (Å²) < 4.78 is 6.97. The number of hydrogen-bond acceptors (Lipinski definition) is 5. The zero-order valence-electron chi connectivity index (χ0n) is 11.9. The number of rotatable bonds is 3. The highest BCUT2D eigenvalue weighted by molar-refractivity contribution is 5.94. The standard InChI is InChI=1S/C16H12N4O3/c21-13-2-4-15-18-12(7-20(15)8-13)9-23-16(22)10-1-3-14-11(5-10)6-17-19-14/h1-8,21H,9H2,(H,17,19). The molecule has 4 rings (SSSR count). The number of esters is 1. The molecule has 7 heteroatoms. The summed E-state index contributed by atoms with van der Waals surface area (Å²) in [6.45, 7) is 0.0602. The van der Waals surface area contributed by atoms with Crippen LogP contribution in [0.2, 0.25) is 0 Å². The van der Waals surface area contributed by atoms with E-state index in [0.717, 1.165) is 10.9 Å². The fourth-order valence-corrected chi connectivity index (χ4v) is 2.39. The number of nitrogens with one attached hydrogen (secondary N) is 1. The van der Waals surface area contributed by atoms with Crippen molar-refractivity contribution in [2.75, 3.05) is 0 Å². The SMILES string of the molecule is O=C(OCc1cn2cc(O)ccc2n1)c1ccc2[nH]ncc2c1. The Morgan fingerprint density at radius 2 is 2.17 bits per heavy atom. The summed E-state index contributed by atoms with van der Waals surface area (Å²) in [5.41, 5.74) is 2.60. The maximum Gasteiger partial charge on any atom is 0.338 e. The van der Waals surface area contributed by atoms with Crippen LogP contribution in [0.5, 0.6) is 5.75 Å². The first-order valence-corrected chi connectivity index (χ1v) is 6.96. The lowest BCUT2D eigenvalue weighted by atomic mass is 10.2. The molecule has 0 aliphatic rings. The molecule has 0 saturated carbocycles. The molecule has 7 nitrogen and oxygen atoms in total. The second-order valence-corrected chi connectivity index (χ2v) is 5.13. The number of H-pyrrole nitrogens is 1. The summed E-state index contributed by atoms with van der Waals surface area (Å²) in [5.74, 6) is -0.278. The van der Waals surface area contributed by atoms with Gasteiger partial charge < -0.3 is 14.2 Å². The minimum Gasteiger partial charge on any atom is -0.506 e. The Kier molecular flexibility index (Phi) is 2.97. The number of imidazole rings is 1. The van der Waals surface area contributed by atoms with Gasteiger partial charge in [0.25, 0.3) is 0 Å². The molecule has 114 valence electrons. The van der Waals surface area contributed by atoms with Gasteiger partial charge in [0.2, 0.25) is 0 Å². The normalized spacial score (nSPS) is 11.1. The maximum atomic E-state index is 12.1. The second kappa shape index (κ2) is 5.13. The largest absolute Gasteiger partial charge is 0.506 e. The van der Waals surface area contributed by atoms with E-state index in [9.17, 15) is 9.90 Å². The minimum absolute atomic E-state index is 0.0602. The van der Waals surface area contributed by atoms with Gasteiger partial charge in [0.15, 0.2) is 0 Å². The van der Waals surface area contributed by atoms with Crippen LogP contribution in [0.1, 0.15) is 16.1 Å². The molecule has 1 aromatic carbocycles. The van der Waals surface area contributed by atoms with Gasteiger partial charge in [-0.25, -0.2) is 9.78 Å². The minimum atomic E-state index is -0.423. The fourth-order valence-electron chi connectivity index (χ4n) is 2.39. The molecule has 2 N–H and O–H groups in total. The van der Waals surface area contributed by atoms with Crippen LogP contribution in [0, 0.1) is 0 Å². The number of hydrogen-bond donors (Lipinski definition) is 2. The van der Waals surface area contributed by atoms with Gasteiger partial charge in [-0.2, -0.15) is 5.10 Å². The van der Waals surface area contributed by atoms with Crippen LogP contribution in [0.15, 0.2) is 48.9 Å². The molecule has 0 spiro atoms. The average molecular weight is 308 g/mol. The summed E-state index contributed by atoms with van der Waals surface area (Å²) in [6.07, 6.45) is 4.91. The second-order valence-electron chi connectivity index (χ2n) is 5.13. The number of aromatic amines is 1. The summed E-state index contributed by atoms with van der Waals surface area (Å²) in [7, 11) is 0. The monoisotopic (exact) mass is 308 g/mol. The van der Waals surface area contributed by atoms with E-state index in [4.69, 9.17) is 4.74 Å². The van der Waals surface area contributed by atoms with Crippen LogP contribution in [-0.4, -0.2) is 30.7 Å². The Hall–Kier alpha value is -3.35. The van der Waals surface area contributed by atoms with E-state index in [2.05, 4.69) is 15.2 Å². The smallest absolute Gasteiger partial charge is 0.338 e. The van der Waals surface area contributed by atoms with Crippen LogP contribution < -0.4 is 0 Å². The van der Waals surface area contributed by atoms with E-state index in [-0.39, 0.29) is 12.4 Å². The van der Waals surface area contributed by atoms with Crippen molar-refractivity contribution < 1.29 is 14.6 Å². The number of fused-ring (bicyclic) bond motifs is 2. The summed E-state index contributed by atoms with van der Waals surface area (Å²) in [6, 6.07) is 8.44. The van der Waals surface area contributed by atoms with Crippen molar-refractivity contribution in [2.24, 2.45) is 0 Å².